The normalized spacial score (nSPS) is 11.0. The highest BCUT2D eigenvalue weighted by Gasteiger charge is 2.12. The predicted molar refractivity (Wildman–Crippen MR) is 104 cm³/mol. The fourth-order valence-corrected chi connectivity index (χ4v) is 2.30. The number of benzene rings is 1. The molecule has 1 atom stereocenters. The van der Waals surface area contributed by atoms with E-state index in [-0.39, 0.29) is 36.8 Å². The molecule has 134 valence electrons. The average molecular weight is 364 g/mol. The molecule has 6 heteroatoms. The van der Waals surface area contributed by atoms with Crippen molar-refractivity contribution < 1.29 is 4.79 Å². The van der Waals surface area contributed by atoms with Crippen LogP contribution in [0.3, 0.4) is 0 Å². The minimum absolute atomic E-state index is 0. The Morgan fingerprint density at radius 1 is 1.17 bits per heavy atom. The molecule has 0 aliphatic rings. The molecule has 0 saturated carbocycles. The van der Waals surface area contributed by atoms with Crippen molar-refractivity contribution >= 4 is 36.4 Å². The van der Waals surface area contributed by atoms with E-state index < -0.39 is 0 Å². The van der Waals surface area contributed by atoms with Crippen molar-refractivity contribution in [2.45, 2.75) is 45.6 Å². The Morgan fingerprint density at radius 3 is 2.26 bits per heavy atom. The molecule has 0 bridgehead atoms. The quantitative estimate of drug-likeness (QED) is 0.704. The largest absolute Gasteiger partial charge is 0.375 e. The summed E-state index contributed by atoms with van der Waals surface area (Å²) in [4.78, 5) is 14.4. The van der Waals surface area contributed by atoms with Crippen LogP contribution < -0.4 is 16.0 Å². The Labute approximate surface area is 153 Å². The Kier molecular flexibility index (Phi) is 14.2. The third-order valence-electron chi connectivity index (χ3n) is 3.66. The number of rotatable bonds is 9. The monoisotopic (exact) mass is 363 g/mol. The SMILES string of the molecule is CCCCC(CN)NC(=O)c1ccc(N(C)CCC)cc1.Cl.Cl. The molecule has 0 fully saturated rings. The smallest absolute Gasteiger partial charge is 0.251 e. The number of hydrogen-bond acceptors (Lipinski definition) is 3. The van der Waals surface area contributed by atoms with E-state index in [1.807, 2.05) is 24.3 Å². The number of nitrogens with one attached hydrogen (secondary N) is 1. The van der Waals surface area contributed by atoms with Crippen molar-refractivity contribution in [1.29, 1.82) is 0 Å². The summed E-state index contributed by atoms with van der Waals surface area (Å²) < 4.78 is 0. The number of nitrogens with two attached hydrogens (primary N) is 1. The van der Waals surface area contributed by atoms with Gasteiger partial charge in [-0.05, 0) is 37.1 Å². The summed E-state index contributed by atoms with van der Waals surface area (Å²) in [6, 6.07) is 7.82. The standard InChI is InChI=1S/C17H29N3O.2ClH/c1-4-6-7-15(13-18)19-17(21)14-8-10-16(11-9-14)20(3)12-5-2;;/h8-11,15H,4-7,12-13,18H2,1-3H3,(H,19,21);2*1H. The van der Waals surface area contributed by atoms with Crippen molar-refractivity contribution in [2.75, 3.05) is 25.0 Å². The lowest BCUT2D eigenvalue weighted by molar-refractivity contribution is 0.0936. The van der Waals surface area contributed by atoms with Crippen molar-refractivity contribution in [2.24, 2.45) is 5.73 Å². The molecule has 0 heterocycles. The van der Waals surface area contributed by atoms with Crippen molar-refractivity contribution in [3.63, 3.8) is 0 Å². The number of amides is 1. The van der Waals surface area contributed by atoms with E-state index in [0.29, 0.717) is 12.1 Å². The maximum atomic E-state index is 12.2. The minimum atomic E-state index is -0.0359. The van der Waals surface area contributed by atoms with Crippen LogP contribution in [0, 0.1) is 0 Å². The summed E-state index contributed by atoms with van der Waals surface area (Å²) in [5.41, 5.74) is 7.54. The second-order valence-electron chi connectivity index (χ2n) is 5.52. The second-order valence-corrected chi connectivity index (χ2v) is 5.52. The molecule has 23 heavy (non-hydrogen) atoms. The van der Waals surface area contributed by atoms with Crippen LogP contribution in [0.1, 0.15) is 49.9 Å². The highest BCUT2D eigenvalue weighted by atomic mass is 35.5. The first-order valence-corrected chi connectivity index (χ1v) is 7.94. The zero-order chi connectivity index (χ0) is 15.7. The van der Waals surface area contributed by atoms with Crippen LogP contribution in [0.15, 0.2) is 24.3 Å². The third-order valence-corrected chi connectivity index (χ3v) is 3.66. The highest BCUT2D eigenvalue weighted by molar-refractivity contribution is 5.94. The Hall–Kier alpha value is -0.970. The summed E-state index contributed by atoms with van der Waals surface area (Å²) in [7, 11) is 2.06. The molecule has 0 aromatic heterocycles. The molecule has 0 radical (unpaired) electrons. The summed E-state index contributed by atoms with van der Waals surface area (Å²) in [6.45, 7) is 5.80. The molecule has 0 spiro atoms. The summed E-state index contributed by atoms with van der Waals surface area (Å²) in [5, 5.41) is 3.01. The van der Waals surface area contributed by atoms with Gasteiger partial charge in [0.25, 0.3) is 5.91 Å². The average Bonchev–Trinajstić information content (AvgIpc) is 2.51. The van der Waals surface area contributed by atoms with Gasteiger partial charge in [-0.15, -0.1) is 24.8 Å². The lowest BCUT2D eigenvalue weighted by atomic mass is 10.1. The molecule has 4 nitrogen and oxygen atoms in total. The predicted octanol–water partition coefficient (Wildman–Crippen LogP) is 3.62. The Morgan fingerprint density at radius 2 is 1.78 bits per heavy atom. The number of hydrogen-bond donors (Lipinski definition) is 2. The van der Waals surface area contributed by atoms with Gasteiger partial charge in [0.1, 0.15) is 0 Å². The van der Waals surface area contributed by atoms with E-state index >= 15 is 0 Å². The number of carbonyl (C=O) groups excluding carboxylic acids is 1. The molecule has 0 aliphatic carbocycles. The van der Waals surface area contributed by atoms with Crippen LogP contribution in [0.5, 0.6) is 0 Å². The lowest BCUT2D eigenvalue weighted by Crippen LogP contribution is -2.40. The van der Waals surface area contributed by atoms with Crippen LogP contribution in [-0.4, -0.2) is 32.1 Å². The van der Waals surface area contributed by atoms with Gasteiger partial charge in [0.05, 0.1) is 0 Å². The number of nitrogens with zero attached hydrogens (tertiary/aromatic N) is 1. The third kappa shape index (κ3) is 8.45. The molecule has 1 amide bonds. The molecular formula is C17H31Cl2N3O. The molecule has 1 aromatic rings. The molecule has 1 unspecified atom stereocenters. The first-order valence-electron chi connectivity index (χ1n) is 7.94. The van der Waals surface area contributed by atoms with Gasteiger partial charge < -0.3 is 16.0 Å². The lowest BCUT2D eigenvalue weighted by Gasteiger charge is -2.19. The first-order chi connectivity index (χ1) is 10.1. The zero-order valence-electron chi connectivity index (χ0n) is 14.4. The van der Waals surface area contributed by atoms with Gasteiger partial charge in [-0.3, -0.25) is 4.79 Å². The molecule has 0 saturated heterocycles. The second kappa shape index (κ2) is 13.5. The Balaban J connectivity index is 0. The van der Waals surface area contributed by atoms with Crippen molar-refractivity contribution in [3.05, 3.63) is 29.8 Å². The van der Waals surface area contributed by atoms with Gasteiger partial charge >= 0.3 is 0 Å². The number of halogens is 2. The Bertz CT molecular complexity index is 426. The van der Waals surface area contributed by atoms with E-state index in [4.69, 9.17) is 5.73 Å². The van der Waals surface area contributed by atoms with E-state index in [9.17, 15) is 4.79 Å². The summed E-state index contributed by atoms with van der Waals surface area (Å²) >= 11 is 0. The van der Waals surface area contributed by atoms with E-state index in [0.717, 1.165) is 37.9 Å². The van der Waals surface area contributed by atoms with Crippen molar-refractivity contribution in [1.82, 2.24) is 5.32 Å². The van der Waals surface area contributed by atoms with Gasteiger partial charge in [-0.2, -0.15) is 0 Å². The molecule has 1 aromatic carbocycles. The summed E-state index contributed by atoms with van der Waals surface area (Å²) in [5.74, 6) is -0.0359. The van der Waals surface area contributed by atoms with Gasteiger partial charge in [-0.1, -0.05) is 26.7 Å². The number of anilines is 1. The fraction of sp³-hybridized carbons (Fsp3) is 0.588. The zero-order valence-corrected chi connectivity index (χ0v) is 16.0. The van der Waals surface area contributed by atoms with Crippen LogP contribution in [-0.2, 0) is 0 Å². The van der Waals surface area contributed by atoms with E-state index in [2.05, 4.69) is 31.1 Å². The van der Waals surface area contributed by atoms with Gasteiger partial charge in [0.15, 0.2) is 0 Å². The van der Waals surface area contributed by atoms with Gasteiger partial charge in [0, 0.05) is 37.4 Å². The van der Waals surface area contributed by atoms with E-state index in [1.165, 1.54) is 0 Å². The topological polar surface area (TPSA) is 58.4 Å². The van der Waals surface area contributed by atoms with E-state index in [1.54, 1.807) is 0 Å². The van der Waals surface area contributed by atoms with Gasteiger partial charge in [-0.25, -0.2) is 0 Å². The summed E-state index contributed by atoms with van der Waals surface area (Å²) in [6.07, 6.45) is 4.25. The van der Waals surface area contributed by atoms with Crippen LogP contribution >= 0.6 is 24.8 Å². The molecular weight excluding hydrogens is 333 g/mol. The molecule has 3 N–H and O–H groups in total. The molecule has 1 rings (SSSR count). The molecule has 0 aliphatic heterocycles. The van der Waals surface area contributed by atoms with Crippen LogP contribution in [0.2, 0.25) is 0 Å². The number of unbranched alkanes of at least 4 members (excludes halogenated alkanes) is 1. The highest BCUT2D eigenvalue weighted by Crippen LogP contribution is 2.14. The van der Waals surface area contributed by atoms with Crippen molar-refractivity contribution in [3.8, 4) is 0 Å². The van der Waals surface area contributed by atoms with Crippen LogP contribution in [0.4, 0.5) is 5.69 Å². The fourth-order valence-electron chi connectivity index (χ4n) is 2.30. The van der Waals surface area contributed by atoms with Crippen LogP contribution in [0.25, 0.3) is 0 Å². The van der Waals surface area contributed by atoms with Gasteiger partial charge in [0.2, 0.25) is 0 Å². The number of carbonyl (C=O) groups is 1. The first kappa shape index (κ1) is 24.3. The maximum Gasteiger partial charge on any atom is 0.251 e. The minimum Gasteiger partial charge on any atom is -0.375 e. The maximum absolute atomic E-state index is 12.2.